The monoisotopic (exact) mass is 403 g/mol. The van der Waals surface area contributed by atoms with Gasteiger partial charge in [-0.3, -0.25) is 14.9 Å². The van der Waals surface area contributed by atoms with Gasteiger partial charge in [-0.25, -0.2) is 4.39 Å². The van der Waals surface area contributed by atoms with Crippen LogP contribution in [0.25, 0.3) is 0 Å². The largest absolute Gasteiger partial charge is 0.494 e. The van der Waals surface area contributed by atoms with E-state index >= 15 is 0 Å². The predicted octanol–water partition coefficient (Wildman–Crippen LogP) is 4.09. The van der Waals surface area contributed by atoms with Crippen LogP contribution in [-0.2, 0) is 4.79 Å². The van der Waals surface area contributed by atoms with Crippen molar-refractivity contribution in [2.75, 3.05) is 17.7 Å². The van der Waals surface area contributed by atoms with Gasteiger partial charge in [-0.1, -0.05) is 19.4 Å². The molecule has 0 saturated carbocycles. The Labute approximate surface area is 168 Å². The van der Waals surface area contributed by atoms with E-state index in [2.05, 4.69) is 16.0 Å². The van der Waals surface area contributed by atoms with Gasteiger partial charge in [0.15, 0.2) is 5.11 Å². The standard InChI is InChI=1S/C20H22FN3O3S/c1-3-4-8-18(25)23-16-10-9-15(12-17(16)27-2)22-20(28)24-19(26)13-6-5-7-14(21)11-13/h5-7,9-12H,3-4,8H2,1-2H3,(H,23,25)(H2,22,24,26,28). The summed E-state index contributed by atoms with van der Waals surface area (Å²) in [6, 6.07) is 10.3. The van der Waals surface area contributed by atoms with Crippen LogP contribution in [0.4, 0.5) is 15.8 Å². The molecule has 0 spiro atoms. The molecule has 0 aliphatic rings. The van der Waals surface area contributed by atoms with Crippen LogP contribution in [0.15, 0.2) is 42.5 Å². The minimum atomic E-state index is -0.524. The lowest BCUT2D eigenvalue weighted by Crippen LogP contribution is -2.34. The molecule has 0 aliphatic heterocycles. The van der Waals surface area contributed by atoms with Gasteiger partial charge in [-0.05, 0) is 49.0 Å². The van der Waals surface area contributed by atoms with E-state index in [1.807, 2.05) is 6.92 Å². The molecule has 2 aromatic carbocycles. The van der Waals surface area contributed by atoms with E-state index in [1.54, 1.807) is 18.2 Å². The highest BCUT2D eigenvalue weighted by molar-refractivity contribution is 7.80. The maximum Gasteiger partial charge on any atom is 0.257 e. The molecule has 0 radical (unpaired) electrons. The molecule has 28 heavy (non-hydrogen) atoms. The number of ether oxygens (including phenoxy) is 1. The summed E-state index contributed by atoms with van der Waals surface area (Å²) < 4.78 is 18.5. The molecule has 0 heterocycles. The van der Waals surface area contributed by atoms with E-state index < -0.39 is 11.7 Å². The van der Waals surface area contributed by atoms with E-state index in [4.69, 9.17) is 17.0 Å². The number of nitrogens with one attached hydrogen (secondary N) is 3. The van der Waals surface area contributed by atoms with Crippen molar-refractivity contribution in [3.63, 3.8) is 0 Å². The first-order valence-corrected chi connectivity index (χ1v) is 9.19. The number of carbonyl (C=O) groups is 2. The zero-order chi connectivity index (χ0) is 20.5. The Balaban J connectivity index is 2.00. The second-order valence-corrected chi connectivity index (χ2v) is 6.39. The first-order chi connectivity index (χ1) is 13.4. The van der Waals surface area contributed by atoms with Crippen molar-refractivity contribution >= 4 is 40.5 Å². The average molecular weight is 403 g/mol. The summed E-state index contributed by atoms with van der Waals surface area (Å²) in [5, 5.41) is 8.20. The highest BCUT2D eigenvalue weighted by atomic mass is 32.1. The van der Waals surface area contributed by atoms with Gasteiger partial charge in [-0.15, -0.1) is 0 Å². The minimum absolute atomic E-state index is 0.0519. The number of unbranched alkanes of at least 4 members (excludes halogenated alkanes) is 1. The first-order valence-electron chi connectivity index (χ1n) is 8.78. The number of carbonyl (C=O) groups excluding carboxylic acids is 2. The third-order valence-electron chi connectivity index (χ3n) is 3.80. The summed E-state index contributed by atoms with van der Waals surface area (Å²) in [7, 11) is 1.49. The molecule has 0 saturated heterocycles. The number of rotatable bonds is 7. The van der Waals surface area contributed by atoms with Gasteiger partial charge >= 0.3 is 0 Å². The summed E-state index contributed by atoms with van der Waals surface area (Å²) >= 11 is 5.13. The van der Waals surface area contributed by atoms with E-state index in [9.17, 15) is 14.0 Å². The molecule has 2 amide bonds. The van der Waals surface area contributed by atoms with Gasteiger partial charge in [0, 0.05) is 23.7 Å². The number of methoxy groups -OCH3 is 1. The van der Waals surface area contributed by atoms with Crippen LogP contribution in [0.3, 0.4) is 0 Å². The lowest BCUT2D eigenvalue weighted by atomic mass is 10.2. The molecule has 3 N–H and O–H groups in total. The van der Waals surface area contributed by atoms with Gasteiger partial charge in [0.2, 0.25) is 5.91 Å². The number of halogens is 1. The lowest BCUT2D eigenvalue weighted by Gasteiger charge is -2.14. The van der Waals surface area contributed by atoms with E-state index in [-0.39, 0.29) is 16.6 Å². The summed E-state index contributed by atoms with van der Waals surface area (Å²) in [5.41, 5.74) is 1.27. The van der Waals surface area contributed by atoms with E-state index in [1.165, 1.54) is 25.3 Å². The predicted molar refractivity (Wildman–Crippen MR) is 111 cm³/mol. The summed E-state index contributed by atoms with van der Waals surface area (Å²) in [6.07, 6.45) is 2.19. The molecule has 8 heteroatoms. The molecular formula is C20H22FN3O3S. The Bertz CT molecular complexity index is 874. The topological polar surface area (TPSA) is 79.5 Å². The second kappa shape index (κ2) is 10.4. The number of amides is 2. The fourth-order valence-corrected chi connectivity index (χ4v) is 2.60. The van der Waals surface area contributed by atoms with Crippen molar-refractivity contribution in [1.82, 2.24) is 5.32 Å². The van der Waals surface area contributed by atoms with Crippen LogP contribution in [0.5, 0.6) is 5.75 Å². The number of anilines is 2. The van der Waals surface area contributed by atoms with Gasteiger partial charge in [0.05, 0.1) is 12.8 Å². The molecule has 6 nitrogen and oxygen atoms in total. The molecule has 2 aromatic rings. The third-order valence-corrected chi connectivity index (χ3v) is 4.01. The van der Waals surface area contributed by atoms with Gasteiger partial charge in [0.25, 0.3) is 5.91 Å². The highest BCUT2D eigenvalue weighted by Gasteiger charge is 2.11. The van der Waals surface area contributed by atoms with Gasteiger partial charge < -0.3 is 15.4 Å². The van der Waals surface area contributed by atoms with Crippen molar-refractivity contribution in [1.29, 1.82) is 0 Å². The maximum atomic E-state index is 13.2. The maximum absolute atomic E-state index is 13.2. The minimum Gasteiger partial charge on any atom is -0.494 e. The molecule has 148 valence electrons. The Morgan fingerprint density at radius 1 is 1.14 bits per heavy atom. The molecule has 0 unspecified atom stereocenters. The molecule has 0 atom stereocenters. The van der Waals surface area contributed by atoms with E-state index in [0.717, 1.165) is 18.9 Å². The summed E-state index contributed by atoms with van der Waals surface area (Å²) in [5.74, 6) is -0.663. The zero-order valence-electron chi connectivity index (χ0n) is 15.7. The number of benzene rings is 2. The third kappa shape index (κ3) is 6.31. The highest BCUT2D eigenvalue weighted by Crippen LogP contribution is 2.28. The smallest absolute Gasteiger partial charge is 0.257 e. The van der Waals surface area contributed by atoms with Crippen molar-refractivity contribution in [2.24, 2.45) is 0 Å². The SMILES string of the molecule is CCCCC(=O)Nc1ccc(NC(=S)NC(=O)c2cccc(F)c2)cc1OC. The van der Waals surface area contributed by atoms with Gasteiger partial charge in [-0.2, -0.15) is 0 Å². The Morgan fingerprint density at radius 3 is 2.61 bits per heavy atom. The van der Waals surface area contributed by atoms with Crippen LogP contribution >= 0.6 is 12.2 Å². The quantitative estimate of drug-likeness (QED) is 0.607. The zero-order valence-corrected chi connectivity index (χ0v) is 16.5. The number of hydrogen-bond acceptors (Lipinski definition) is 4. The molecule has 0 aliphatic carbocycles. The average Bonchev–Trinajstić information content (AvgIpc) is 2.67. The fourth-order valence-electron chi connectivity index (χ4n) is 2.39. The van der Waals surface area contributed by atoms with Gasteiger partial charge in [0.1, 0.15) is 11.6 Å². The molecular weight excluding hydrogens is 381 g/mol. The van der Waals surface area contributed by atoms with Crippen molar-refractivity contribution < 1.29 is 18.7 Å². The Hall–Kier alpha value is -3.00. The van der Waals surface area contributed by atoms with Crippen LogP contribution < -0.4 is 20.7 Å². The van der Waals surface area contributed by atoms with Crippen molar-refractivity contribution in [3.05, 3.63) is 53.8 Å². The normalized spacial score (nSPS) is 10.1. The molecule has 0 aromatic heterocycles. The molecule has 2 rings (SSSR count). The summed E-state index contributed by atoms with van der Waals surface area (Å²) in [4.78, 5) is 24.0. The second-order valence-electron chi connectivity index (χ2n) is 5.99. The Kier molecular flexibility index (Phi) is 7.88. The van der Waals surface area contributed by atoms with Crippen LogP contribution in [0, 0.1) is 5.82 Å². The number of hydrogen-bond donors (Lipinski definition) is 3. The van der Waals surface area contributed by atoms with Crippen LogP contribution in [0.1, 0.15) is 36.5 Å². The van der Waals surface area contributed by atoms with E-state index in [0.29, 0.717) is 23.5 Å². The molecule has 0 fully saturated rings. The first kappa shape index (κ1) is 21.3. The van der Waals surface area contributed by atoms with Crippen LogP contribution in [-0.4, -0.2) is 24.0 Å². The lowest BCUT2D eigenvalue weighted by molar-refractivity contribution is -0.116. The van der Waals surface area contributed by atoms with Crippen molar-refractivity contribution in [3.8, 4) is 5.75 Å². The molecule has 0 bridgehead atoms. The fraction of sp³-hybridized carbons (Fsp3) is 0.250. The Morgan fingerprint density at radius 2 is 1.93 bits per heavy atom. The van der Waals surface area contributed by atoms with Crippen LogP contribution in [0.2, 0.25) is 0 Å². The number of thiocarbonyl (C=S) groups is 1. The summed E-state index contributed by atoms with van der Waals surface area (Å²) in [6.45, 7) is 2.02. The van der Waals surface area contributed by atoms with Crippen molar-refractivity contribution in [2.45, 2.75) is 26.2 Å².